The van der Waals surface area contributed by atoms with Crippen molar-refractivity contribution in [1.82, 2.24) is 9.78 Å². The number of nitrogens with two attached hydrogens (primary N) is 1. The van der Waals surface area contributed by atoms with Crippen molar-refractivity contribution in [2.75, 3.05) is 10.5 Å². The van der Waals surface area contributed by atoms with E-state index >= 15 is 0 Å². The van der Waals surface area contributed by atoms with Gasteiger partial charge in [0.1, 0.15) is 5.82 Å². The monoisotopic (exact) mass is 284 g/mol. The predicted octanol–water partition coefficient (Wildman–Crippen LogP) is 1.25. The molecule has 19 heavy (non-hydrogen) atoms. The first-order chi connectivity index (χ1) is 8.81. The fourth-order valence-corrected chi connectivity index (χ4v) is 3.00. The Balaban J connectivity index is 2.47. The summed E-state index contributed by atoms with van der Waals surface area (Å²) in [5, 5.41) is 3.82. The van der Waals surface area contributed by atoms with Gasteiger partial charge in [0.05, 0.1) is 16.8 Å². The van der Waals surface area contributed by atoms with Gasteiger partial charge in [-0.3, -0.25) is 9.40 Å². The summed E-state index contributed by atoms with van der Waals surface area (Å²) in [5.41, 5.74) is 6.24. The molecule has 0 radical (unpaired) electrons. The molecule has 0 aliphatic rings. The van der Waals surface area contributed by atoms with E-state index in [4.69, 9.17) is 5.73 Å². The highest BCUT2D eigenvalue weighted by atomic mass is 32.2. The smallest absolute Gasteiger partial charge is 0.263 e. The van der Waals surface area contributed by atoms with E-state index < -0.39 is 15.8 Å². The second-order valence-electron chi connectivity index (χ2n) is 4.09. The Hall–Kier alpha value is -2.09. The third-order valence-electron chi connectivity index (χ3n) is 2.64. The minimum absolute atomic E-state index is 0.131. The number of benzene rings is 1. The summed E-state index contributed by atoms with van der Waals surface area (Å²) in [6.45, 7) is 1.58. The Labute approximate surface area is 110 Å². The zero-order valence-corrected chi connectivity index (χ0v) is 11.2. The molecule has 0 bridgehead atoms. The molecule has 1 aromatic carbocycles. The molecule has 0 saturated carbocycles. The average Bonchev–Trinajstić information content (AvgIpc) is 2.63. The summed E-state index contributed by atoms with van der Waals surface area (Å²) >= 11 is 0. The van der Waals surface area contributed by atoms with Gasteiger partial charge in [0.25, 0.3) is 10.0 Å². The van der Waals surface area contributed by atoms with Gasteiger partial charge in [0.2, 0.25) is 0 Å². The van der Waals surface area contributed by atoms with Crippen molar-refractivity contribution in [2.45, 2.75) is 11.8 Å². The first-order valence-corrected chi connectivity index (χ1v) is 6.86. The number of rotatable bonds is 3. The predicted molar refractivity (Wildman–Crippen MR) is 69.6 cm³/mol. The summed E-state index contributed by atoms with van der Waals surface area (Å²) in [4.78, 5) is -0.131. The van der Waals surface area contributed by atoms with Gasteiger partial charge in [0.15, 0.2) is 5.82 Å². The molecule has 6 nitrogen and oxygen atoms in total. The van der Waals surface area contributed by atoms with Crippen LogP contribution in [-0.4, -0.2) is 18.2 Å². The Bertz CT molecular complexity index is 705. The first-order valence-electron chi connectivity index (χ1n) is 5.37. The molecule has 0 spiro atoms. The van der Waals surface area contributed by atoms with Crippen molar-refractivity contribution in [3.63, 3.8) is 0 Å². The van der Waals surface area contributed by atoms with E-state index in [2.05, 4.69) is 9.82 Å². The van der Waals surface area contributed by atoms with Crippen LogP contribution in [0.1, 0.15) is 5.56 Å². The lowest BCUT2D eigenvalue weighted by molar-refractivity contribution is 0.593. The maximum Gasteiger partial charge on any atom is 0.263 e. The minimum Gasteiger partial charge on any atom is -0.394 e. The van der Waals surface area contributed by atoms with Crippen molar-refractivity contribution < 1.29 is 12.8 Å². The number of nitrogen functional groups attached to an aromatic ring is 1. The van der Waals surface area contributed by atoms with E-state index in [9.17, 15) is 12.8 Å². The first kappa shape index (κ1) is 13.3. The molecule has 2 aromatic rings. The number of nitrogens with one attached hydrogen (secondary N) is 1. The summed E-state index contributed by atoms with van der Waals surface area (Å²) < 4.78 is 41.2. The van der Waals surface area contributed by atoms with E-state index in [1.807, 2.05) is 0 Å². The zero-order chi connectivity index (χ0) is 14.2. The van der Waals surface area contributed by atoms with Crippen molar-refractivity contribution in [3.05, 3.63) is 35.8 Å². The second kappa shape index (κ2) is 4.54. The van der Waals surface area contributed by atoms with Crippen LogP contribution < -0.4 is 10.5 Å². The largest absolute Gasteiger partial charge is 0.394 e. The Morgan fingerprint density at radius 1 is 1.42 bits per heavy atom. The van der Waals surface area contributed by atoms with E-state index in [1.54, 1.807) is 14.0 Å². The molecule has 1 heterocycles. The Morgan fingerprint density at radius 3 is 2.68 bits per heavy atom. The third kappa shape index (κ3) is 2.53. The highest BCUT2D eigenvalue weighted by Crippen LogP contribution is 2.23. The van der Waals surface area contributed by atoms with Crippen LogP contribution in [0.4, 0.5) is 15.9 Å². The molecule has 1 aromatic heterocycles. The number of halogens is 1. The second-order valence-corrected chi connectivity index (χ2v) is 5.74. The van der Waals surface area contributed by atoms with E-state index in [0.29, 0.717) is 5.56 Å². The topological polar surface area (TPSA) is 90.0 Å². The van der Waals surface area contributed by atoms with Gasteiger partial charge in [-0.25, -0.2) is 12.8 Å². The number of hydrogen-bond acceptors (Lipinski definition) is 4. The van der Waals surface area contributed by atoms with Crippen LogP contribution in [0.15, 0.2) is 29.3 Å². The highest BCUT2D eigenvalue weighted by molar-refractivity contribution is 7.92. The van der Waals surface area contributed by atoms with Crippen LogP contribution in [0.3, 0.4) is 0 Å². The molecular formula is C11H13FN4O2S. The number of nitrogens with zero attached hydrogens (tertiary/aromatic N) is 2. The number of anilines is 2. The maximum atomic E-state index is 13.2. The molecule has 0 saturated heterocycles. The van der Waals surface area contributed by atoms with Gasteiger partial charge in [-0.15, -0.1) is 0 Å². The fourth-order valence-electron chi connectivity index (χ4n) is 1.63. The number of sulfonamides is 1. The van der Waals surface area contributed by atoms with E-state index in [-0.39, 0.29) is 16.4 Å². The Morgan fingerprint density at radius 2 is 2.11 bits per heavy atom. The van der Waals surface area contributed by atoms with Crippen LogP contribution in [0.2, 0.25) is 0 Å². The molecule has 0 aliphatic heterocycles. The van der Waals surface area contributed by atoms with Gasteiger partial charge in [-0.1, -0.05) is 6.07 Å². The lowest BCUT2D eigenvalue weighted by atomic mass is 10.2. The number of hydrogen-bond donors (Lipinski definition) is 2. The van der Waals surface area contributed by atoms with Gasteiger partial charge >= 0.3 is 0 Å². The fraction of sp³-hybridized carbons (Fsp3) is 0.182. The van der Waals surface area contributed by atoms with Crippen molar-refractivity contribution in [2.24, 2.45) is 7.05 Å². The molecule has 102 valence electrons. The molecule has 0 unspecified atom stereocenters. The zero-order valence-electron chi connectivity index (χ0n) is 10.4. The summed E-state index contributed by atoms with van der Waals surface area (Å²) in [7, 11) is -2.36. The summed E-state index contributed by atoms with van der Waals surface area (Å²) in [5.74, 6) is -0.479. The lowest BCUT2D eigenvalue weighted by Crippen LogP contribution is -2.17. The molecular weight excluding hydrogens is 271 g/mol. The van der Waals surface area contributed by atoms with Gasteiger partial charge in [-0.2, -0.15) is 5.10 Å². The van der Waals surface area contributed by atoms with Crippen LogP contribution in [0.25, 0.3) is 0 Å². The van der Waals surface area contributed by atoms with Crippen molar-refractivity contribution in [1.29, 1.82) is 0 Å². The average molecular weight is 284 g/mol. The van der Waals surface area contributed by atoms with Crippen LogP contribution >= 0.6 is 0 Å². The van der Waals surface area contributed by atoms with Crippen LogP contribution in [0.5, 0.6) is 0 Å². The highest BCUT2D eigenvalue weighted by Gasteiger charge is 2.20. The maximum absolute atomic E-state index is 13.2. The molecule has 0 fully saturated rings. The van der Waals surface area contributed by atoms with Crippen LogP contribution in [-0.2, 0) is 17.1 Å². The normalized spacial score (nSPS) is 11.5. The van der Waals surface area contributed by atoms with Gasteiger partial charge in [-0.05, 0) is 24.6 Å². The Kier molecular flexibility index (Phi) is 3.19. The summed E-state index contributed by atoms with van der Waals surface area (Å²) in [6.07, 6.45) is 1.33. The third-order valence-corrected chi connectivity index (χ3v) is 4.12. The molecule has 0 aliphatic carbocycles. The molecule has 2 rings (SSSR count). The standard InChI is InChI=1S/C11H13FN4O2S/c1-7-3-4-8(12)5-10(7)19(17,18)15-11-9(13)6-14-16(11)2/h3-6,15H,13H2,1-2H3. The number of aromatic nitrogens is 2. The van der Waals surface area contributed by atoms with Crippen molar-refractivity contribution >= 4 is 21.5 Å². The van der Waals surface area contributed by atoms with Crippen LogP contribution in [0, 0.1) is 12.7 Å². The van der Waals surface area contributed by atoms with Crippen molar-refractivity contribution in [3.8, 4) is 0 Å². The lowest BCUT2D eigenvalue weighted by Gasteiger charge is -2.11. The van der Waals surface area contributed by atoms with Gasteiger partial charge in [0, 0.05) is 7.05 Å². The number of aryl methyl sites for hydroxylation is 2. The molecule has 0 atom stereocenters. The molecule has 3 N–H and O–H groups in total. The molecule has 0 amide bonds. The summed E-state index contributed by atoms with van der Waals surface area (Å²) in [6, 6.07) is 3.56. The molecule has 8 heteroatoms. The van der Waals surface area contributed by atoms with E-state index in [1.165, 1.54) is 23.0 Å². The van der Waals surface area contributed by atoms with Gasteiger partial charge < -0.3 is 5.73 Å². The van der Waals surface area contributed by atoms with E-state index in [0.717, 1.165) is 6.07 Å². The SMILES string of the molecule is Cc1ccc(F)cc1S(=O)(=O)Nc1c(N)cnn1C. The minimum atomic E-state index is -3.91. The quantitative estimate of drug-likeness (QED) is 0.887.